The molecule has 2 unspecified atom stereocenters. The first-order valence-corrected chi connectivity index (χ1v) is 18.0. The van der Waals surface area contributed by atoms with Gasteiger partial charge in [0.2, 0.25) is 0 Å². The van der Waals surface area contributed by atoms with E-state index in [0.717, 1.165) is 5.70 Å². The molecule has 2 aliphatic rings. The van der Waals surface area contributed by atoms with Crippen molar-refractivity contribution in [3.8, 4) is 16.8 Å². The molecular weight excluding hydrogens is 633 g/mol. The van der Waals surface area contributed by atoms with E-state index in [4.69, 9.17) is 4.99 Å². The first kappa shape index (κ1) is 28.0. The molecule has 2 atom stereocenters. The Morgan fingerprint density at radius 1 is 0.462 bits per heavy atom. The van der Waals surface area contributed by atoms with Crippen molar-refractivity contribution in [1.82, 2.24) is 14.1 Å². The summed E-state index contributed by atoms with van der Waals surface area (Å²) in [5.74, 6) is 0.167. The Morgan fingerprint density at radius 3 is 2.06 bits per heavy atom. The lowest BCUT2D eigenvalue weighted by atomic mass is 9.94. The second-order valence-corrected chi connectivity index (χ2v) is 14.2. The molecule has 3 aromatic heterocycles. The molecule has 7 aromatic carbocycles. The summed E-state index contributed by atoms with van der Waals surface area (Å²) in [6.45, 7) is 0. The molecule has 12 rings (SSSR count). The maximum Gasteiger partial charge on any atom is 0.0875 e. The zero-order valence-electron chi connectivity index (χ0n) is 28.1. The number of rotatable bonds is 3. The third-order valence-corrected chi connectivity index (χ3v) is 11.5. The first-order chi connectivity index (χ1) is 25.8. The summed E-state index contributed by atoms with van der Waals surface area (Å²) in [4.78, 5) is 9.80. The molecule has 4 heterocycles. The number of fused-ring (bicyclic) bond motifs is 11. The molecule has 0 spiro atoms. The van der Waals surface area contributed by atoms with Crippen LogP contribution in [0.4, 0.5) is 0 Å². The Bertz CT molecular complexity index is 3190. The Kier molecular flexibility index (Phi) is 5.58. The highest BCUT2D eigenvalue weighted by molar-refractivity contribution is 6.24. The smallest absolute Gasteiger partial charge is 0.0875 e. The fourth-order valence-corrected chi connectivity index (χ4v) is 9.28. The minimum Gasteiger partial charge on any atom is -0.309 e. The number of benzene rings is 7. The molecule has 52 heavy (non-hydrogen) atoms. The number of para-hydroxylation sites is 2. The van der Waals surface area contributed by atoms with Gasteiger partial charge in [0.05, 0.1) is 33.8 Å². The third kappa shape index (κ3) is 3.76. The lowest BCUT2D eigenvalue weighted by Gasteiger charge is -2.22. The predicted octanol–water partition coefficient (Wildman–Crippen LogP) is 12.0. The van der Waals surface area contributed by atoms with Gasteiger partial charge >= 0.3 is 0 Å². The number of allylic oxidation sites excluding steroid dienone is 1. The minimum absolute atomic E-state index is 0.0561. The Balaban J connectivity index is 1.07. The Labute approximate surface area is 299 Å². The van der Waals surface area contributed by atoms with E-state index in [9.17, 15) is 0 Å². The largest absolute Gasteiger partial charge is 0.309 e. The van der Waals surface area contributed by atoms with E-state index in [1.165, 1.54) is 93.1 Å². The highest BCUT2D eigenvalue weighted by atomic mass is 15.0. The van der Waals surface area contributed by atoms with Crippen molar-refractivity contribution >= 4 is 77.1 Å². The van der Waals surface area contributed by atoms with Gasteiger partial charge in [-0.2, -0.15) is 0 Å². The lowest BCUT2D eigenvalue weighted by Crippen LogP contribution is -2.10. The zero-order chi connectivity index (χ0) is 33.9. The van der Waals surface area contributed by atoms with Crippen LogP contribution in [0.5, 0.6) is 0 Å². The molecule has 0 N–H and O–H groups in total. The molecule has 0 radical (unpaired) electrons. The van der Waals surface area contributed by atoms with Crippen molar-refractivity contribution < 1.29 is 0 Å². The summed E-state index contributed by atoms with van der Waals surface area (Å²) < 4.78 is 4.81. The number of aromatic nitrogens is 3. The highest BCUT2D eigenvalue weighted by Gasteiger charge is 2.35. The number of hydrogen-bond acceptors (Lipinski definition) is 2. The van der Waals surface area contributed by atoms with Gasteiger partial charge < -0.3 is 9.13 Å². The van der Waals surface area contributed by atoms with Crippen LogP contribution in [-0.4, -0.2) is 20.3 Å². The summed E-state index contributed by atoms with van der Waals surface area (Å²) in [5, 5.41) is 10.0. The molecule has 4 nitrogen and oxygen atoms in total. The van der Waals surface area contributed by atoms with Crippen molar-refractivity contribution in [2.24, 2.45) is 4.99 Å². The molecule has 1 aliphatic carbocycles. The lowest BCUT2D eigenvalue weighted by molar-refractivity contribution is 0.675. The molecule has 0 fully saturated rings. The van der Waals surface area contributed by atoms with Gasteiger partial charge in [0.1, 0.15) is 0 Å². The highest BCUT2D eigenvalue weighted by Crippen LogP contribution is 2.50. The molecule has 0 saturated heterocycles. The van der Waals surface area contributed by atoms with Crippen LogP contribution in [0, 0.1) is 0 Å². The average molecular weight is 663 g/mol. The predicted molar refractivity (Wildman–Crippen MR) is 217 cm³/mol. The summed E-state index contributed by atoms with van der Waals surface area (Å²) in [7, 11) is 0. The van der Waals surface area contributed by atoms with Gasteiger partial charge in [-0.05, 0) is 87.5 Å². The van der Waals surface area contributed by atoms with Gasteiger partial charge in [-0.25, -0.2) is 0 Å². The molecule has 1 aliphatic heterocycles. The average Bonchev–Trinajstić information content (AvgIpc) is 3.84. The van der Waals surface area contributed by atoms with Gasteiger partial charge in [0.25, 0.3) is 0 Å². The fraction of sp³-hybridized carbons (Fsp3) is 0.0417. The van der Waals surface area contributed by atoms with Crippen molar-refractivity contribution in [3.63, 3.8) is 0 Å². The normalized spacial score (nSPS) is 16.5. The first-order valence-electron chi connectivity index (χ1n) is 18.0. The van der Waals surface area contributed by atoms with Crippen LogP contribution in [0.15, 0.2) is 169 Å². The van der Waals surface area contributed by atoms with Crippen LogP contribution in [0.25, 0.3) is 87.7 Å². The number of nitrogens with zero attached hydrogens (tertiary/aromatic N) is 4. The van der Waals surface area contributed by atoms with Gasteiger partial charge in [0.15, 0.2) is 0 Å². The monoisotopic (exact) mass is 662 g/mol. The van der Waals surface area contributed by atoms with Crippen molar-refractivity contribution in [2.45, 2.75) is 12.0 Å². The van der Waals surface area contributed by atoms with E-state index in [0.29, 0.717) is 0 Å². The van der Waals surface area contributed by atoms with E-state index < -0.39 is 0 Å². The summed E-state index contributed by atoms with van der Waals surface area (Å²) >= 11 is 0. The quantitative estimate of drug-likeness (QED) is 0.185. The van der Waals surface area contributed by atoms with E-state index in [1.807, 2.05) is 12.4 Å². The summed E-state index contributed by atoms with van der Waals surface area (Å²) in [6, 6.07) is 53.3. The number of aliphatic imine (C=N–C) groups is 1. The van der Waals surface area contributed by atoms with E-state index in [1.54, 1.807) is 0 Å². The molecular formula is C48H30N4. The molecule has 0 saturated carbocycles. The molecule has 4 heteroatoms. The number of dihydropyridines is 1. The standard InChI is InChI=1S/C48H30N4/c1-2-11-33(12-3-1)51-42-16-7-6-14-36(42)38-23-30(18-20-43(38)51)31-19-21-44-40(24-31)47-35-13-5-4-9-29(35)17-22-45(47)52(44)34-25-39-37-15-8-10-32-26-49-28-41(46(32)37)48(39)50-27-34/h1-28,39,48H. The van der Waals surface area contributed by atoms with Crippen molar-refractivity contribution in [2.75, 3.05) is 0 Å². The molecule has 242 valence electrons. The second kappa shape index (κ2) is 10.4. The van der Waals surface area contributed by atoms with E-state index in [-0.39, 0.29) is 12.0 Å². The van der Waals surface area contributed by atoms with Crippen LogP contribution >= 0.6 is 0 Å². The van der Waals surface area contributed by atoms with E-state index >= 15 is 0 Å². The Morgan fingerprint density at radius 2 is 1.17 bits per heavy atom. The van der Waals surface area contributed by atoms with Gasteiger partial charge in [-0.3, -0.25) is 9.98 Å². The third-order valence-electron chi connectivity index (χ3n) is 11.5. The second-order valence-electron chi connectivity index (χ2n) is 14.2. The van der Waals surface area contributed by atoms with Crippen LogP contribution in [-0.2, 0) is 0 Å². The number of pyridine rings is 1. The fourth-order valence-electron chi connectivity index (χ4n) is 9.28. The van der Waals surface area contributed by atoms with Crippen LogP contribution < -0.4 is 0 Å². The topological polar surface area (TPSA) is 35.1 Å². The van der Waals surface area contributed by atoms with Crippen LogP contribution in [0.3, 0.4) is 0 Å². The van der Waals surface area contributed by atoms with Gasteiger partial charge in [0, 0.05) is 62.7 Å². The van der Waals surface area contributed by atoms with Crippen LogP contribution in [0.2, 0.25) is 0 Å². The molecule has 0 amide bonds. The van der Waals surface area contributed by atoms with E-state index in [2.05, 4.69) is 172 Å². The van der Waals surface area contributed by atoms with Gasteiger partial charge in [-0.15, -0.1) is 0 Å². The maximum absolute atomic E-state index is 5.23. The van der Waals surface area contributed by atoms with Crippen molar-refractivity contribution in [3.05, 3.63) is 175 Å². The SMILES string of the molecule is C1=NC2c3cncc4cccc(c34)C2C=C1n1c2ccc(-c3ccc4c(c3)c3ccccc3n4-c3ccccc3)cc2c2c3ccccc3ccc21. The zero-order valence-corrected chi connectivity index (χ0v) is 28.1. The van der Waals surface area contributed by atoms with Crippen molar-refractivity contribution in [1.29, 1.82) is 0 Å². The Hall–Kier alpha value is -6.78. The minimum atomic E-state index is 0.0561. The van der Waals surface area contributed by atoms with Gasteiger partial charge in [-0.1, -0.05) is 97.1 Å². The molecule has 0 bridgehead atoms. The summed E-state index contributed by atoms with van der Waals surface area (Å²) in [6.07, 6.45) is 8.51. The number of hydrogen-bond donors (Lipinski definition) is 0. The summed E-state index contributed by atoms with van der Waals surface area (Å²) in [5.41, 5.74) is 12.1. The maximum atomic E-state index is 5.23. The molecule has 10 aromatic rings. The van der Waals surface area contributed by atoms with Crippen LogP contribution in [0.1, 0.15) is 23.1 Å².